The van der Waals surface area contributed by atoms with E-state index in [1.54, 1.807) is 12.1 Å². The molecule has 3 rings (SSSR count). The van der Waals surface area contributed by atoms with E-state index >= 15 is 0 Å². The molecule has 1 saturated heterocycles. The summed E-state index contributed by atoms with van der Waals surface area (Å²) in [5.74, 6) is 0. The van der Waals surface area contributed by atoms with Gasteiger partial charge < -0.3 is 0 Å². The molecule has 152 valence electrons. The van der Waals surface area contributed by atoms with Crippen LogP contribution in [0, 0.1) is 0 Å². The molecule has 0 amide bonds. The van der Waals surface area contributed by atoms with Crippen molar-refractivity contribution in [3.63, 3.8) is 0 Å². The van der Waals surface area contributed by atoms with E-state index in [1.165, 1.54) is 12.1 Å². The summed E-state index contributed by atoms with van der Waals surface area (Å²) in [4.78, 5) is 1.41. The maximum atomic E-state index is 13.3. The van der Waals surface area contributed by atoms with Crippen LogP contribution in [0.4, 0.5) is 13.2 Å². The maximum Gasteiger partial charge on any atom is 0.417 e. The Bertz CT molecular complexity index is 918. The summed E-state index contributed by atoms with van der Waals surface area (Å²) in [6.07, 6.45) is -4.18. The summed E-state index contributed by atoms with van der Waals surface area (Å²) >= 11 is 5.89. The van der Waals surface area contributed by atoms with E-state index in [4.69, 9.17) is 11.6 Å². The molecule has 1 fully saturated rings. The van der Waals surface area contributed by atoms with E-state index in [9.17, 15) is 21.6 Å². The minimum absolute atomic E-state index is 0.141. The molecule has 1 aliphatic rings. The van der Waals surface area contributed by atoms with Gasteiger partial charge in [0, 0.05) is 31.2 Å². The Kier molecular flexibility index (Phi) is 6.34. The van der Waals surface area contributed by atoms with Crippen molar-refractivity contribution in [2.45, 2.75) is 24.0 Å². The summed E-state index contributed by atoms with van der Waals surface area (Å²) in [6.45, 7) is 2.06. The lowest BCUT2D eigenvalue weighted by Crippen LogP contribution is -2.36. The predicted molar refractivity (Wildman–Crippen MR) is 102 cm³/mol. The maximum absolute atomic E-state index is 13.3. The Balaban J connectivity index is 1.75. The van der Waals surface area contributed by atoms with Crippen LogP contribution in [0.2, 0.25) is 5.02 Å². The Morgan fingerprint density at radius 1 is 0.929 bits per heavy atom. The zero-order valence-corrected chi connectivity index (χ0v) is 16.6. The molecule has 0 saturated carbocycles. The molecule has 28 heavy (non-hydrogen) atoms. The van der Waals surface area contributed by atoms with E-state index in [-0.39, 0.29) is 13.1 Å². The van der Waals surface area contributed by atoms with Crippen LogP contribution in [0.15, 0.2) is 53.4 Å². The lowest BCUT2D eigenvalue weighted by Gasteiger charge is -2.23. The highest BCUT2D eigenvalue weighted by atomic mass is 35.5. The van der Waals surface area contributed by atoms with Crippen molar-refractivity contribution >= 4 is 21.6 Å². The minimum atomic E-state index is -4.73. The van der Waals surface area contributed by atoms with Crippen LogP contribution in [-0.4, -0.2) is 43.8 Å². The third kappa shape index (κ3) is 4.86. The Labute approximate surface area is 167 Å². The zero-order valence-electron chi connectivity index (χ0n) is 15.0. The van der Waals surface area contributed by atoms with Crippen molar-refractivity contribution < 1.29 is 21.6 Å². The highest BCUT2D eigenvalue weighted by Crippen LogP contribution is 2.35. The van der Waals surface area contributed by atoms with Crippen molar-refractivity contribution in [1.29, 1.82) is 0 Å². The van der Waals surface area contributed by atoms with Gasteiger partial charge >= 0.3 is 6.18 Å². The van der Waals surface area contributed by atoms with Gasteiger partial charge in [0.1, 0.15) is 0 Å². The second-order valence-corrected chi connectivity index (χ2v) is 9.00. The highest BCUT2D eigenvalue weighted by molar-refractivity contribution is 7.89. The first kappa shape index (κ1) is 21.1. The lowest BCUT2D eigenvalue weighted by molar-refractivity contribution is -0.139. The molecule has 0 aromatic heterocycles. The van der Waals surface area contributed by atoms with Gasteiger partial charge in [-0.15, -0.1) is 0 Å². The number of halogens is 4. The number of hydrogen-bond donors (Lipinski definition) is 0. The summed E-state index contributed by atoms with van der Waals surface area (Å²) in [5, 5.41) is 0.639. The molecule has 1 heterocycles. The molecule has 9 heteroatoms. The average molecular weight is 433 g/mol. The molecule has 0 spiro atoms. The Morgan fingerprint density at radius 2 is 1.61 bits per heavy atom. The number of benzene rings is 2. The van der Waals surface area contributed by atoms with Crippen LogP contribution in [0.3, 0.4) is 0 Å². The van der Waals surface area contributed by atoms with Gasteiger partial charge in [-0.1, -0.05) is 35.9 Å². The molecule has 0 radical (unpaired) electrons. The number of hydrogen-bond acceptors (Lipinski definition) is 3. The standard InChI is InChI=1S/C19H20ClF3N2O2S/c20-16-8-6-15(7-9-16)14-24-10-3-11-25(13-12-24)28(26,27)18-5-2-1-4-17(18)19(21,22)23/h1-2,4-9H,3,10-14H2. The largest absolute Gasteiger partial charge is 0.417 e. The molecule has 0 bridgehead atoms. The van der Waals surface area contributed by atoms with E-state index < -0.39 is 26.7 Å². The van der Waals surface area contributed by atoms with Crippen molar-refractivity contribution in [3.05, 3.63) is 64.7 Å². The summed E-state index contributed by atoms with van der Waals surface area (Å²) in [5.41, 5.74) is -0.0830. The van der Waals surface area contributed by atoms with Crippen LogP contribution in [0.5, 0.6) is 0 Å². The van der Waals surface area contributed by atoms with Crippen molar-refractivity contribution in [2.75, 3.05) is 26.2 Å². The molecule has 0 N–H and O–H groups in total. The van der Waals surface area contributed by atoms with Crippen LogP contribution >= 0.6 is 11.6 Å². The van der Waals surface area contributed by atoms with Crippen LogP contribution in [0.1, 0.15) is 17.5 Å². The Morgan fingerprint density at radius 3 is 2.29 bits per heavy atom. The van der Waals surface area contributed by atoms with Crippen molar-refractivity contribution in [1.82, 2.24) is 9.21 Å². The van der Waals surface area contributed by atoms with E-state index in [2.05, 4.69) is 4.90 Å². The van der Waals surface area contributed by atoms with Gasteiger partial charge in [0.05, 0.1) is 10.5 Å². The van der Waals surface area contributed by atoms with Gasteiger partial charge in [0.25, 0.3) is 0 Å². The first-order chi connectivity index (χ1) is 13.2. The fourth-order valence-electron chi connectivity index (χ4n) is 3.26. The van der Waals surface area contributed by atoms with Gasteiger partial charge in [-0.05, 0) is 42.8 Å². The normalized spacial score (nSPS) is 17.4. The number of sulfonamides is 1. The first-order valence-corrected chi connectivity index (χ1v) is 10.6. The second-order valence-electron chi connectivity index (χ2n) is 6.65. The summed E-state index contributed by atoms with van der Waals surface area (Å²) in [6, 6.07) is 11.7. The predicted octanol–water partition coefficient (Wildman–Crippen LogP) is 4.26. The molecular formula is C19H20ClF3N2O2S. The monoisotopic (exact) mass is 432 g/mol. The molecule has 0 aliphatic carbocycles. The minimum Gasteiger partial charge on any atom is -0.298 e. The van der Waals surface area contributed by atoms with Crippen molar-refractivity contribution in [2.24, 2.45) is 0 Å². The molecule has 2 aromatic rings. The Hall–Kier alpha value is -1.61. The SMILES string of the molecule is O=S(=O)(c1ccccc1C(F)(F)F)N1CCCN(Cc2ccc(Cl)cc2)CC1. The third-order valence-electron chi connectivity index (χ3n) is 4.68. The molecule has 4 nitrogen and oxygen atoms in total. The third-order valence-corrected chi connectivity index (χ3v) is 6.89. The molecule has 0 unspecified atom stereocenters. The van der Waals surface area contributed by atoms with E-state index in [1.807, 2.05) is 12.1 Å². The van der Waals surface area contributed by atoms with Gasteiger partial charge in [0.15, 0.2) is 0 Å². The van der Waals surface area contributed by atoms with Gasteiger partial charge in [-0.2, -0.15) is 17.5 Å². The summed E-state index contributed by atoms with van der Waals surface area (Å²) in [7, 11) is -4.23. The second kappa shape index (κ2) is 8.41. The first-order valence-electron chi connectivity index (χ1n) is 8.81. The van der Waals surface area contributed by atoms with Crippen LogP contribution < -0.4 is 0 Å². The molecule has 2 aromatic carbocycles. The average Bonchev–Trinajstić information content (AvgIpc) is 2.89. The van der Waals surface area contributed by atoms with E-state index in [0.29, 0.717) is 31.1 Å². The van der Waals surface area contributed by atoms with Crippen LogP contribution in [0.25, 0.3) is 0 Å². The molecule has 0 atom stereocenters. The van der Waals surface area contributed by atoms with Gasteiger partial charge in [0.2, 0.25) is 10.0 Å². The fraction of sp³-hybridized carbons (Fsp3) is 0.368. The zero-order chi connectivity index (χ0) is 20.4. The lowest BCUT2D eigenvalue weighted by atomic mass is 10.2. The van der Waals surface area contributed by atoms with Crippen LogP contribution in [-0.2, 0) is 22.7 Å². The number of rotatable bonds is 4. The highest BCUT2D eigenvalue weighted by Gasteiger charge is 2.39. The topological polar surface area (TPSA) is 40.6 Å². The number of nitrogens with zero attached hydrogens (tertiary/aromatic N) is 2. The van der Waals surface area contributed by atoms with Gasteiger partial charge in [-0.25, -0.2) is 8.42 Å². The number of alkyl halides is 3. The smallest absolute Gasteiger partial charge is 0.298 e. The van der Waals surface area contributed by atoms with E-state index in [0.717, 1.165) is 22.0 Å². The fourth-order valence-corrected chi connectivity index (χ4v) is 5.07. The molecular weight excluding hydrogens is 413 g/mol. The quantitative estimate of drug-likeness (QED) is 0.725. The van der Waals surface area contributed by atoms with Crippen molar-refractivity contribution in [3.8, 4) is 0 Å². The van der Waals surface area contributed by atoms with Gasteiger partial charge in [-0.3, -0.25) is 4.90 Å². The molecule has 1 aliphatic heterocycles. The summed E-state index contributed by atoms with van der Waals surface area (Å²) < 4.78 is 66.7.